The quantitative estimate of drug-likeness (QED) is 0.539. The van der Waals surface area contributed by atoms with Crippen LogP contribution >= 0.6 is 0 Å². The molecule has 0 radical (unpaired) electrons. The number of nitrogens with one attached hydrogen (secondary N) is 1. The third-order valence-corrected chi connectivity index (χ3v) is 5.05. The summed E-state index contributed by atoms with van der Waals surface area (Å²) in [4.78, 5) is 25.9. The van der Waals surface area contributed by atoms with E-state index in [1.54, 1.807) is 42.5 Å². The summed E-state index contributed by atoms with van der Waals surface area (Å²) in [6.45, 7) is 6.39. The first-order valence-electron chi connectivity index (χ1n) is 10.0. The number of rotatable bonds is 6. The molecule has 0 bridgehead atoms. The van der Waals surface area contributed by atoms with Crippen LogP contribution in [0.5, 0.6) is 11.5 Å². The number of amides is 1. The largest absolute Gasteiger partial charge is 0.496 e. The molecule has 0 aliphatic heterocycles. The highest BCUT2D eigenvalue weighted by Gasteiger charge is 2.19. The highest BCUT2D eigenvalue weighted by Crippen LogP contribution is 2.29. The predicted molar refractivity (Wildman–Crippen MR) is 123 cm³/mol. The van der Waals surface area contributed by atoms with Gasteiger partial charge in [-0.2, -0.15) is 0 Å². The Labute approximate surface area is 183 Å². The highest BCUT2D eigenvalue weighted by molar-refractivity contribution is 6.11. The van der Waals surface area contributed by atoms with Crippen LogP contribution in [0.4, 0.5) is 5.69 Å². The fraction of sp³-hybridized carbons (Fsp3) is 0.231. The number of anilines is 1. The van der Waals surface area contributed by atoms with Crippen molar-refractivity contribution in [1.29, 1.82) is 0 Å². The van der Waals surface area contributed by atoms with E-state index in [9.17, 15) is 9.59 Å². The first kappa shape index (κ1) is 22.1. The van der Waals surface area contributed by atoms with Crippen LogP contribution in [-0.2, 0) is 5.41 Å². The molecule has 3 aromatic rings. The van der Waals surface area contributed by atoms with E-state index in [-0.39, 0.29) is 17.1 Å². The Morgan fingerprint density at radius 1 is 0.774 bits per heavy atom. The lowest BCUT2D eigenvalue weighted by Crippen LogP contribution is -2.15. The Hall–Kier alpha value is -3.60. The van der Waals surface area contributed by atoms with Gasteiger partial charge < -0.3 is 14.8 Å². The van der Waals surface area contributed by atoms with Gasteiger partial charge in [0.2, 0.25) is 0 Å². The van der Waals surface area contributed by atoms with Crippen molar-refractivity contribution in [2.45, 2.75) is 26.2 Å². The smallest absolute Gasteiger partial charge is 0.263 e. The average Bonchev–Trinajstić information content (AvgIpc) is 2.77. The first-order chi connectivity index (χ1) is 14.7. The monoisotopic (exact) mass is 417 g/mol. The third kappa shape index (κ3) is 4.94. The number of carbonyl (C=O) groups excluding carboxylic acids is 2. The van der Waals surface area contributed by atoms with Gasteiger partial charge in [0.05, 0.1) is 14.2 Å². The summed E-state index contributed by atoms with van der Waals surface area (Å²) in [6, 6.07) is 19.7. The molecule has 0 aromatic heterocycles. The van der Waals surface area contributed by atoms with Crippen molar-refractivity contribution in [2.75, 3.05) is 19.5 Å². The molecule has 3 aromatic carbocycles. The lowest BCUT2D eigenvalue weighted by atomic mass is 9.86. The molecule has 0 atom stereocenters. The molecule has 0 aliphatic rings. The molecule has 3 rings (SSSR count). The lowest BCUT2D eigenvalue weighted by Gasteiger charge is -2.19. The topological polar surface area (TPSA) is 64.6 Å². The number of benzene rings is 3. The maximum atomic E-state index is 13.0. The molecular formula is C26H27NO4. The summed E-state index contributed by atoms with van der Waals surface area (Å²) in [5, 5.41) is 2.83. The number of methoxy groups -OCH3 is 2. The maximum Gasteiger partial charge on any atom is 0.263 e. The number of carbonyl (C=O) groups is 2. The van der Waals surface area contributed by atoms with Gasteiger partial charge in [-0.25, -0.2) is 0 Å². The Balaban J connectivity index is 1.84. The van der Waals surface area contributed by atoms with Gasteiger partial charge in [-0.15, -0.1) is 0 Å². The van der Waals surface area contributed by atoms with Crippen molar-refractivity contribution in [1.82, 2.24) is 0 Å². The summed E-state index contributed by atoms with van der Waals surface area (Å²) in [5.74, 6) is 0.325. The van der Waals surface area contributed by atoms with Gasteiger partial charge in [-0.1, -0.05) is 63.2 Å². The molecule has 0 saturated heterocycles. The second-order valence-corrected chi connectivity index (χ2v) is 8.23. The first-order valence-corrected chi connectivity index (χ1v) is 10.0. The van der Waals surface area contributed by atoms with Crippen LogP contribution in [0.2, 0.25) is 0 Å². The molecule has 0 heterocycles. The molecule has 0 unspecified atom stereocenters. The average molecular weight is 418 g/mol. The van der Waals surface area contributed by atoms with Gasteiger partial charge in [0, 0.05) is 16.8 Å². The van der Waals surface area contributed by atoms with Crippen molar-refractivity contribution in [3.63, 3.8) is 0 Å². The van der Waals surface area contributed by atoms with Gasteiger partial charge >= 0.3 is 0 Å². The standard InChI is InChI=1S/C26H27NO4/c1-26(2,3)19-14-12-17(13-15-19)24(28)18-8-6-9-20(16-18)27-25(29)23-21(30-4)10-7-11-22(23)31-5/h6-16H,1-5H3,(H,27,29). The number of hydrogen-bond donors (Lipinski definition) is 1. The summed E-state index contributed by atoms with van der Waals surface area (Å²) in [7, 11) is 2.99. The zero-order valence-corrected chi connectivity index (χ0v) is 18.5. The fourth-order valence-electron chi connectivity index (χ4n) is 3.30. The van der Waals surface area contributed by atoms with Crippen molar-refractivity contribution >= 4 is 17.4 Å². The van der Waals surface area contributed by atoms with Crippen LogP contribution in [0.15, 0.2) is 66.7 Å². The van der Waals surface area contributed by atoms with E-state index in [1.807, 2.05) is 24.3 Å². The number of ether oxygens (including phenoxy) is 2. The molecule has 0 saturated carbocycles. The molecule has 5 heteroatoms. The molecule has 1 amide bonds. The third-order valence-electron chi connectivity index (χ3n) is 5.05. The van der Waals surface area contributed by atoms with E-state index < -0.39 is 0 Å². The minimum absolute atomic E-state index is 0.0192. The maximum absolute atomic E-state index is 13.0. The van der Waals surface area contributed by atoms with E-state index >= 15 is 0 Å². The Morgan fingerprint density at radius 2 is 1.35 bits per heavy atom. The van der Waals surface area contributed by atoms with Gasteiger partial charge in [-0.3, -0.25) is 9.59 Å². The summed E-state index contributed by atoms with van der Waals surface area (Å²) >= 11 is 0. The van der Waals surface area contributed by atoms with Crippen molar-refractivity contribution in [3.8, 4) is 11.5 Å². The summed E-state index contributed by atoms with van der Waals surface area (Å²) in [6.07, 6.45) is 0. The van der Waals surface area contributed by atoms with E-state index in [2.05, 4.69) is 26.1 Å². The van der Waals surface area contributed by atoms with Crippen molar-refractivity contribution in [2.24, 2.45) is 0 Å². The zero-order valence-electron chi connectivity index (χ0n) is 18.5. The molecule has 0 aliphatic carbocycles. The van der Waals surface area contributed by atoms with Crippen molar-refractivity contribution < 1.29 is 19.1 Å². The van der Waals surface area contributed by atoms with Crippen LogP contribution in [0.25, 0.3) is 0 Å². The van der Waals surface area contributed by atoms with Gasteiger partial charge in [-0.05, 0) is 35.2 Å². The molecular weight excluding hydrogens is 390 g/mol. The van der Waals surface area contributed by atoms with E-state index in [1.165, 1.54) is 14.2 Å². The van der Waals surface area contributed by atoms with Crippen LogP contribution in [0, 0.1) is 0 Å². The molecule has 5 nitrogen and oxygen atoms in total. The summed E-state index contributed by atoms with van der Waals surface area (Å²) in [5.41, 5.74) is 3.08. The van der Waals surface area contributed by atoms with Crippen molar-refractivity contribution in [3.05, 3.63) is 89.0 Å². The van der Waals surface area contributed by atoms with Crippen LogP contribution in [0.3, 0.4) is 0 Å². The Morgan fingerprint density at radius 3 is 1.90 bits per heavy atom. The normalized spacial score (nSPS) is 11.0. The molecule has 0 fully saturated rings. The molecule has 31 heavy (non-hydrogen) atoms. The fourth-order valence-corrected chi connectivity index (χ4v) is 3.30. The Bertz CT molecular complexity index is 1070. The Kier molecular flexibility index (Phi) is 6.44. The number of ketones is 1. The molecule has 0 spiro atoms. The highest BCUT2D eigenvalue weighted by atomic mass is 16.5. The SMILES string of the molecule is COc1cccc(OC)c1C(=O)Nc1cccc(C(=O)c2ccc(C(C)(C)C)cc2)c1. The minimum Gasteiger partial charge on any atom is -0.496 e. The minimum atomic E-state index is -0.381. The molecule has 1 N–H and O–H groups in total. The molecule has 160 valence electrons. The van der Waals surface area contributed by atoms with Gasteiger partial charge in [0.15, 0.2) is 5.78 Å². The number of hydrogen-bond acceptors (Lipinski definition) is 4. The van der Waals surface area contributed by atoms with Gasteiger partial charge in [0.25, 0.3) is 5.91 Å². The van der Waals surface area contributed by atoms with E-state index in [0.29, 0.717) is 33.9 Å². The van der Waals surface area contributed by atoms with Crippen LogP contribution < -0.4 is 14.8 Å². The lowest BCUT2D eigenvalue weighted by molar-refractivity contribution is 0.101. The van der Waals surface area contributed by atoms with Crippen LogP contribution in [0.1, 0.15) is 52.6 Å². The summed E-state index contributed by atoms with van der Waals surface area (Å²) < 4.78 is 10.6. The zero-order chi connectivity index (χ0) is 22.6. The van der Waals surface area contributed by atoms with Crippen LogP contribution in [-0.4, -0.2) is 25.9 Å². The second kappa shape index (κ2) is 9.04. The second-order valence-electron chi connectivity index (χ2n) is 8.23. The van der Waals surface area contributed by atoms with Gasteiger partial charge in [0.1, 0.15) is 17.1 Å². The predicted octanol–water partition coefficient (Wildman–Crippen LogP) is 5.48. The van der Waals surface area contributed by atoms with E-state index in [4.69, 9.17) is 9.47 Å². The van der Waals surface area contributed by atoms with E-state index in [0.717, 1.165) is 5.56 Å².